The summed E-state index contributed by atoms with van der Waals surface area (Å²) in [6, 6.07) is 12.4. The minimum Gasteiger partial charge on any atom is -0.506 e. The highest BCUT2D eigenvalue weighted by atomic mass is 32.2. The second kappa shape index (κ2) is 10.4. The summed E-state index contributed by atoms with van der Waals surface area (Å²) in [6.07, 6.45) is 2.34. The fourth-order valence-corrected chi connectivity index (χ4v) is 6.56. The number of aromatic hydroxyl groups is 1. The van der Waals surface area contributed by atoms with Crippen molar-refractivity contribution in [3.63, 3.8) is 0 Å². The lowest BCUT2D eigenvalue weighted by Gasteiger charge is -2.20. The van der Waals surface area contributed by atoms with E-state index < -0.39 is 30.7 Å². The number of rotatable bonds is 8. The van der Waals surface area contributed by atoms with Gasteiger partial charge in [0, 0.05) is 23.9 Å². The highest BCUT2D eigenvalue weighted by Gasteiger charge is 2.28. The number of azo groups is 1. The molecule has 210 valence electrons. The lowest BCUT2D eigenvalue weighted by molar-refractivity contribution is 0.431. The van der Waals surface area contributed by atoms with Gasteiger partial charge in [0.2, 0.25) is 20.0 Å². The first-order chi connectivity index (χ1) is 19.5. The predicted molar refractivity (Wildman–Crippen MR) is 151 cm³/mol. The molecule has 5 rings (SSSR count). The summed E-state index contributed by atoms with van der Waals surface area (Å²) in [5.74, 6) is -0.540. The Morgan fingerprint density at radius 3 is 2.51 bits per heavy atom. The standard InChI is InChI=1S/C25H23N9O5S2/c1-4-33(5-2)41(38,39)22-12-20(23-17(24(22)35)7-6-8-19(23)32-40(3,36)37)30-28-16-9-10-18-21(11-16)34-25(31-29-18)15(13-26)14-27-34/h6-12,14,32,35H,4-5H2,1-3H3/b30-28+. The SMILES string of the molecule is CCN(CC)S(=O)(=O)c1cc(/N=N/c2ccc3nnc4c(C#N)cnn4c3c2)c2c(NS(C)(=O)=O)cccc2c1O. The lowest BCUT2D eigenvalue weighted by Crippen LogP contribution is -2.30. The van der Waals surface area contributed by atoms with Crippen LogP contribution in [0.3, 0.4) is 0 Å². The fraction of sp³-hybridized carbons (Fsp3) is 0.200. The van der Waals surface area contributed by atoms with Gasteiger partial charge >= 0.3 is 0 Å². The van der Waals surface area contributed by atoms with Crippen molar-refractivity contribution in [2.75, 3.05) is 24.1 Å². The molecule has 0 aliphatic heterocycles. The minimum atomic E-state index is -4.14. The van der Waals surface area contributed by atoms with E-state index in [1.165, 1.54) is 39.3 Å². The summed E-state index contributed by atoms with van der Waals surface area (Å²) in [6.45, 7) is 3.68. The zero-order valence-corrected chi connectivity index (χ0v) is 23.6. The Labute approximate surface area is 234 Å². The van der Waals surface area contributed by atoms with Gasteiger partial charge in [0.05, 0.1) is 35.0 Å². The Hall–Kier alpha value is -4.72. The molecule has 16 heteroatoms. The van der Waals surface area contributed by atoms with Crippen molar-refractivity contribution in [3.8, 4) is 11.8 Å². The van der Waals surface area contributed by atoms with Crippen LogP contribution in [-0.2, 0) is 20.0 Å². The van der Waals surface area contributed by atoms with Crippen LogP contribution >= 0.6 is 0 Å². The van der Waals surface area contributed by atoms with Crippen LogP contribution in [0.15, 0.2) is 63.8 Å². The molecule has 5 aromatic rings. The number of nitrogens with one attached hydrogen (secondary N) is 1. The number of nitrogens with zero attached hydrogens (tertiary/aromatic N) is 8. The van der Waals surface area contributed by atoms with E-state index in [4.69, 9.17) is 0 Å². The van der Waals surface area contributed by atoms with E-state index in [0.717, 1.165) is 6.26 Å². The van der Waals surface area contributed by atoms with Crippen LogP contribution in [0.4, 0.5) is 17.1 Å². The van der Waals surface area contributed by atoms with Gasteiger partial charge in [-0.1, -0.05) is 26.0 Å². The number of fused-ring (bicyclic) bond motifs is 4. The number of anilines is 1. The Bertz CT molecular complexity index is 2130. The molecule has 0 aliphatic carbocycles. The Balaban J connectivity index is 1.74. The Morgan fingerprint density at radius 1 is 1.07 bits per heavy atom. The van der Waals surface area contributed by atoms with Crippen molar-refractivity contribution >= 4 is 64.6 Å². The van der Waals surface area contributed by atoms with Gasteiger partial charge in [0.15, 0.2) is 5.65 Å². The van der Waals surface area contributed by atoms with Crippen molar-refractivity contribution in [3.05, 3.63) is 54.2 Å². The number of hydrogen-bond acceptors (Lipinski definition) is 11. The largest absolute Gasteiger partial charge is 0.506 e. The summed E-state index contributed by atoms with van der Waals surface area (Å²) in [5.41, 5.74) is 1.88. The van der Waals surface area contributed by atoms with E-state index >= 15 is 0 Å². The highest BCUT2D eigenvalue weighted by molar-refractivity contribution is 7.92. The van der Waals surface area contributed by atoms with Crippen LogP contribution in [0.25, 0.3) is 27.5 Å². The second-order valence-corrected chi connectivity index (χ2v) is 12.6. The van der Waals surface area contributed by atoms with Crippen molar-refractivity contribution in [1.29, 1.82) is 5.26 Å². The zero-order chi connectivity index (χ0) is 29.5. The molecule has 0 bridgehead atoms. The smallest absolute Gasteiger partial charge is 0.246 e. The minimum absolute atomic E-state index is 0.000709. The van der Waals surface area contributed by atoms with Crippen molar-refractivity contribution < 1.29 is 21.9 Å². The first-order valence-electron chi connectivity index (χ1n) is 12.2. The van der Waals surface area contributed by atoms with E-state index in [0.29, 0.717) is 16.7 Å². The molecule has 0 fully saturated rings. The van der Waals surface area contributed by atoms with Crippen molar-refractivity contribution in [2.24, 2.45) is 10.2 Å². The molecule has 3 aromatic carbocycles. The molecule has 0 unspecified atom stereocenters. The molecule has 0 aliphatic rings. The second-order valence-electron chi connectivity index (χ2n) is 8.91. The molecule has 0 saturated heterocycles. The van der Waals surface area contributed by atoms with E-state index in [9.17, 15) is 27.2 Å². The lowest BCUT2D eigenvalue weighted by atomic mass is 10.1. The highest BCUT2D eigenvalue weighted by Crippen LogP contribution is 2.43. The van der Waals surface area contributed by atoms with Gasteiger partial charge in [0.25, 0.3) is 0 Å². The third-order valence-corrected chi connectivity index (χ3v) is 8.93. The van der Waals surface area contributed by atoms with E-state index in [2.05, 4.69) is 30.2 Å². The van der Waals surface area contributed by atoms with Gasteiger partial charge in [-0.2, -0.15) is 19.8 Å². The quantitative estimate of drug-likeness (QED) is 0.251. The maximum Gasteiger partial charge on any atom is 0.246 e. The van der Waals surface area contributed by atoms with E-state index in [1.807, 2.05) is 6.07 Å². The maximum absolute atomic E-state index is 13.4. The summed E-state index contributed by atoms with van der Waals surface area (Å²) >= 11 is 0. The van der Waals surface area contributed by atoms with Gasteiger partial charge in [-0.3, -0.25) is 4.72 Å². The molecule has 2 N–H and O–H groups in total. The monoisotopic (exact) mass is 593 g/mol. The van der Waals surface area contributed by atoms with Gasteiger partial charge in [-0.25, -0.2) is 21.4 Å². The van der Waals surface area contributed by atoms with Crippen LogP contribution in [0.2, 0.25) is 0 Å². The number of benzene rings is 3. The van der Waals surface area contributed by atoms with Crippen LogP contribution in [0.5, 0.6) is 5.75 Å². The van der Waals surface area contributed by atoms with Crippen LogP contribution in [0.1, 0.15) is 19.4 Å². The maximum atomic E-state index is 13.4. The summed E-state index contributed by atoms with van der Waals surface area (Å²) < 4.78 is 56.1. The average molecular weight is 594 g/mol. The molecular formula is C25H23N9O5S2. The molecule has 2 aromatic heterocycles. The molecule has 0 radical (unpaired) electrons. The third kappa shape index (κ3) is 5.01. The zero-order valence-electron chi connectivity index (χ0n) is 22.0. The molecule has 0 spiro atoms. The Kier molecular flexibility index (Phi) is 7.03. The van der Waals surface area contributed by atoms with Crippen molar-refractivity contribution in [1.82, 2.24) is 24.1 Å². The van der Waals surface area contributed by atoms with Gasteiger partial charge in [0.1, 0.15) is 27.8 Å². The number of sulfonamides is 2. The number of aromatic nitrogens is 4. The van der Waals surface area contributed by atoms with Gasteiger partial charge in [-0.05, 0) is 30.3 Å². The van der Waals surface area contributed by atoms with Crippen LogP contribution in [0, 0.1) is 11.3 Å². The molecular weight excluding hydrogens is 570 g/mol. The summed E-state index contributed by atoms with van der Waals surface area (Å²) in [4.78, 5) is -0.393. The summed E-state index contributed by atoms with van der Waals surface area (Å²) in [7, 11) is -7.89. The predicted octanol–water partition coefficient (Wildman–Crippen LogP) is 3.83. The third-order valence-electron chi connectivity index (χ3n) is 6.27. The molecule has 41 heavy (non-hydrogen) atoms. The van der Waals surface area contributed by atoms with Crippen LogP contribution < -0.4 is 4.72 Å². The molecule has 0 saturated carbocycles. The normalized spacial score (nSPS) is 12.6. The number of nitriles is 1. The van der Waals surface area contributed by atoms with E-state index in [-0.39, 0.29) is 46.4 Å². The molecule has 14 nitrogen and oxygen atoms in total. The van der Waals surface area contributed by atoms with E-state index in [1.54, 1.807) is 32.0 Å². The van der Waals surface area contributed by atoms with Crippen LogP contribution in [-0.4, -0.2) is 65.4 Å². The van der Waals surface area contributed by atoms with Gasteiger partial charge in [-0.15, -0.1) is 15.3 Å². The topological polar surface area (TPSA) is 195 Å². The fourth-order valence-electron chi connectivity index (χ4n) is 4.42. The molecule has 0 amide bonds. The number of phenols is 1. The number of hydrogen-bond donors (Lipinski definition) is 2. The summed E-state index contributed by atoms with van der Waals surface area (Å²) in [5, 5.41) is 41.6. The molecule has 2 heterocycles. The first kappa shape index (κ1) is 27.8. The van der Waals surface area contributed by atoms with Crippen molar-refractivity contribution in [2.45, 2.75) is 18.7 Å². The first-order valence-corrected chi connectivity index (χ1v) is 15.5. The van der Waals surface area contributed by atoms with Gasteiger partial charge < -0.3 is 5.11 Å². The Morgan fingerprint density at radius 2 is 1.83 bits per heavy atom. The number of phenolic OH excluding ortho intramolecular Hbond substituents is 1. The molecule has 0 atom stereocenters. The average Bonchev–Trinajstić information content (AvgIpc) is 3.36.